The average Bonchev–Trinajstić information content (AvgIpc) is 1.63. The lowest BCUT2D eigenvalue weighted by Gasteiger charge is -2.27. The molecular formula is C62H73N15O20S2. The van der Waals surface area contributed by atoms with Crippen LogP contribution in [0.4, 0.5) is 11.6 Å². The molecule has 5 aromatic rings. The van der Waals surface area contributed by atoms with Gasteiger partial charge in [0.15, 0.2) is 11.2 Å². The van der Waals surface area contributed by atoms with Crippen molar-refractivity contribution in [1.29, 1.82) is 0 Å². The lowest BCUT2D eigenvalue weighted by Crippen LogP contribution is -2.62. The molecule has 6 rings (SSSR count). The van der Waals surface area contributed by atoms with Gasteiger partial charge in [0.25, 0.3) is 11.5 Å². The highest BCUT2D eigenvalue weighted by Gasteiger charge is 2.37. The number of carbonyl (C=O) groups excluding carboxylic acids is 9. The lowest BCUT2D eigenvalue weighted by molar-refractivity contribution is -0.144. The van der Waals surface area contributed by atoms with Gasteiger partial charge >= 0.3 is 29.8 Å². The van der Waals surface area contributed by atoms with Crippen molar-refractivity contribution < 1.29 is 92.7 Å². The number of hydrogen-bond donors (Lipinski definition) is 18. The lowest BCUT2D eigenvalue weighted by atomic mass is 9.99. The van der Waals surface area contributed by atoms with Crippen molar-refractivity contribution >= 4 is 130 Å². The molecule has 0 spiro atoms. The number of aromatic amines is 1. The number of thiol groups is 1. The number of aliphatic carboxylic acids is 5. The SMILES string of the molecule is CC[C@H](NC(=O)[C@H](CC(=O)O)NC(=O)CC[C@@H](C)NC(=O)c1ccc(NCc2cnc3nc(N)[nH]c(=O)c3n2)cc1)C(=O)N[C@@H](CC(=O)O)C(=O)N[C@@H](CC(=O)O)C(=O)N[C@@H](CNC(=O)CCSCC1c2ccccc2-c2ccccc21)C(=O)N[C@@H](CC(=O)O)C(=O)N[C@@H](CS)C(=O)O. The molecular weight excluding hydrogens is 1340 g/mol. The molecule has 0 fully saturated rings. The molecule has 0 radical (unpaired) electrons. The van der Waals surface area contributed by atoms with Crippen molar-refractivity contribution in [2.24, 2.45) is 0 Å². The largest absolute Gasteiger partial charge is 0.481 e. The zero-order chi connectivity index (χ0) is 72.6. The summed E-state index contributed by atoms with van der Waals surface area (Å²) in [6.45, 7) is 2.23. The minimum atomic E-state index is -2.25. The number of aromatic nitrogens is 4. The molecule has 35 nitrogen and oxygen atoms in total. The van der Waals surface area contributed by atoms with E-state index in [1.165, 1.54) is 37.0 Å². The van der Waals surface area contributed by atoms with Gasteiger partial charge in [-0.05, 0) is 66.3 Å². The van der Waals surface area contributed by atoms with Crippen molar-refractivity contribution in [2.45, 2.75) is 126 Å². The summed E-state index contributed by atoms with van der Waals surface area (Å²) < 4.78 is 0. The molecule has 8 atom stereocenters. The number of thioether (sulfide) groups is 1. The Labute approximate surface area is 572 Å². The summed E-state index contributed by atoms with van der Waals surface area (Å²) in [7, 11) is 0. The minimum Gasteiger partial charge on any atom is -0.481 e. The summed E-state index contributed by atoms with van der Waals surface area (Å²) >= 11 is 5.30. The molecule has 37 heteroatoms. The number of nitrogen functional groups attached to an aromatic ring is 1. The Balaban J connectivity index is 1.06. The van der Waals surface area contributed by atoms with Gasteiger partial charge in [0.1, 0.15) is 42.3 Å². The van der Waals surface area contributed by atoms with Crippen LogP contribution in [0.25, 0.3) is 22.3 Å². The summed E-state index contributed by atoms with van der Waals surface area (Å²) in [6.07, 6.45) is -4.19. The molecule has 0 saturated heterocycles. The first kappa shape index (κ1) is 76.8. The number of amides is 9. The van der Waals surface area contributed by atoms with Gasteiger partial charge < -0.3 is 84.4 Å². The maximum Gasteiger partial charge on any atom is 0.327 e. The molecule has 1 aliphatic rings. The van der Waals surface area contributed by atoms with Crippen LogP contribution in [-0.4, -0.2) is 201 Å². The summed E-state index contributed by atoms with van der Waals surface area (Å²) in [5.41, 5.74) is 10.6. The average molecular weight is 1410 g/mol. The van der Waals surface area contributed by atoms with Crippen LogP contribution in [-0.2, 0) is 68.9 Å². The highest BCUT2D eigenvalue weighted by atomic mass is 32.2. The molecule has 9 amide bonds. The fourth-order valence-electron chi connectivity index (χ4n) is 10.0. The van der Waals surface area contributed by atoms with E-state index in [1.54, 1.807) is 19.1 Å². The standard InChI is InChI=1S/C62H73N15O20S2/c1-3-38(70-55(90)39(20-47(80)81)69-46(79)17-12-29(2)67-53(88)30-13-15-31(16-14-30)64-24-32-25-66-52-51(68-32)60(95)77-62(63)76-52)54(89)71-40(21-48(82)83)56(91)72-41(22-49(84)85)57(92)74-43(59(94)73-42(23-50(86)87)58(93)75-44(27-98)61(96)97)26-65-45(78)18-19-99-28-37-35-10-6-4-8-33(35)34-9-5-7-11-36(34)37/h4-11,13-16,25,29,37-44,64,98H,3,12,17-24,26-28H2,1-2H3,(H,65,78)(H,67,88)(H,69,79)(H,70,90)(H,71,89)(H,72,91)(H,73,94)(H,74,92)(H,75,93)(H,80,81)(H,82,83)(H,84,85)(H,86,87)(H,96,97)(H3,63,66,76,77,95)/t29-,38+,39+,40+,41+,42+,43+,44+/m1/s1. The highest BCUT2D eigenvalue weighted by molar-refractivity contribution is 7.99. The van der Waals surface area contributed by atoms with Crippen LogP contribution >= 0.6 is 24.4 Å². The Kier molecular flexibility index (Phi) is 28.5. The number of rotatable bonds is 39. The number of carboxylic acids is 5. The van der Waals surface area contributed by atoms with Gasteiger partial charge in [-0.1, -0.05) is 55.5 Å². The third kappa shape index (κ3) is 23.2. The van der Waals surface area contributed by atoms with Crippen LogP contribution in [0.2, 0.25) is 0 Å². The van der Waals surface area contributed by atoms with Gasteiger partial charge in [-0.25, -0.2) is 14.8 Å². The number of carbonyl (C=O) groups is 14. The summed E-state index contributed by atoms with van der Waals surface area (Å²) in [6, 6.07) is 7.62. The van der Waals surface area contributed by atoms with Crippen molar-refractivity contribution in [3.8, 4) is 11.1 Å². The van der Waals surface area contributed by atoms with E-state index in [4.69, 9.17) is 5.73 Å². The van der Waals surface area contributed by atoms with Crippen LogP contribution in [0.3, 0.4) is 0 Å². The molecule has 2 aromatic heterocycles. The molecule has 99 heavy (non-hydrogen) atoms. The minimum absolute atomic E-state index is 0.00101. The van der Waals surface area contributed by atoms with Gasteiger partial charge in [0.05, 0.1) is 44.1 Å². The summed E-state index contributed by atoms with van der Waals surface area (Å²) in [4.78, 5) is 209. The Bertz CT molecular complexity index is 3890. The monoisotopic (exact) mass is 1410 g/mol. The van der Waals surface area contributed by atoms with Crippen LogP contribution < -0.4 is 64.5 Å². The maximum atomic E-state index is 14.1. The van der Waals surface area contributed by atoms with Crippen LogP contribution in [0.1, 0.15) is 98.3 Å². The first-order chi connectivity index (χ1) is 47.0. The Hall–Kier alpha value is -11.2. The van der Waals surface area contributed by atoms with Gasteiger partial charge in [0, 0.05) is 59.9 Å². The topological polar surface area (TPSA) is 558 Å². The van der Waals surface area contributed by atoms with E-state index in [9.17, 15) is 97.5 Å². The number of anilines is 2. The van der Waals surface area contributed by atoms with Crippen LogP contribution in [0.15, 0.2) is 83.8 Å². The van der Waals surface area contributed by atoms with Crippen LogP contribution in [0.5, 0.6) is 0 Å². The number of fused-ring (bicyclic) bond motifs is 4. The second-order valence-electron chi connectivity index (χ2n) is 22.5. The number of carboxylic acid groups (broad SMARTS) is 5. The molecule has 18 N–H and O–H groups in total. The van der Waals surface area contributed by atoms with Gasteiger partial charge in [0.2, 0.25) is 53.2 Å². The van der Waals surface area contributed by atoms with E-state index in [-0.39, 0.29) is 66.6 Å². The first-order valence-electron chi connectivity index (χ1n) is 30.6. The van der Waals surface area contributed by atoms with E-state index >= 15 is 0 Å². The highest BCUT2D eigenvalue weighted by Crippen LogP contribution is 2.45. The molecule has 528 valence electrons. The quantitative estimate of drug-likeness (QED) is 0.0158. The number of benzene rings is 3. The second kappa shape index (κ2) is 36.8. The summed E-state index contributed by atoms with van der Waals surface area (Å²) in [5.74, 6) is -18.5. The predicted octanol–water partition coefficient (Wildman–Crippen LogP) is -1.43. The maximum absolute atomic E-state index is 14.1. The molecule has 0 unspecified atom stereocenters. The van der Waals surface area contributed by atoms with Crippen molar-refractivity contribution in [2.75, 3.05) is 34.9 Å². The van der Waals surface area contributed by atoms with E-state index in [1.807, 2.05) is 59.2 Å². The molecule has 3 aromatic carbocycles. The Morgan fingerprint density at radius 1 is 0.586 bits per heavy atom. The third-order valence-electron chi connectivity index (χ3n) is 15.0. The first-order valence-corrected chi connectivity index (χ1v) is 32.3. The molecule has 2 heterocycles. The number of hydrogen-bond acceptors (Lipinski definition) is 22. The molecule has 0 bridgehead atoms. The predicted molar refractivity (Wildman–Crippen MR) is 355 cm³/mol. The number of H-pyrrole nitrogens is 1. The van der Waals surface area contributed by atoms with Crippen LogP contribution in [0, 0.1) is 0 Å². The van der Waals surface area contributed by atoms with Gasteiger partial charge in [-0.3, -0.25) is 72.1 Å². The smallest absolute Gasteiger partial charge is 0.327 e. The third-order valence-corrected chi connectivity index (χ3v) is 16.5. The Morgan fingerprint density at radius 3 is 1.57 bits per heavy atom. The fraction of sp³-hybridized carbons (Fsp3) is 0.387. The number of nitrogens with one attached hydrogen (secondary N) is 11. The normalized spacial score (nSPS) is 13.8. The van der Waals surface area contributed by atoms with Crippen molar-refractivity contribution in [1.82, 2.24) is 67.8 Å². The molecule has 0 aliphatic heterocycles. The van der Waals surface area contributed by atoms with Gasteiger partial charge in [-0.15, -0.1) is 0 Å². The molecule has 0 saturated carbocycles. The number of nitrogens with two attached hydrogens (primary N) is 1. The van der Waals surface area contributed by atoms with Gasteiger partial charge in [-0.2, -0.15) is 29.4 Å². The zero-order valence-electron chi connectivity index (χ0n) is 53.0. The van der Waals surface area contributed by atoms with E-state index in [0.717, 1.165) is 22.3 Å². The van der Waals surface area contributed by atoms with Crippen molar-refractivity contribution in [3.63, 3.8) is 0 Å². The van der Waals surface area contributed by atoms with Crippen molar-refractivity contribution in [3.05, 3.63) is 112 Å². The fourth-order valence-corrected chi connectivity index (χ4v) is 11.3. The van der Waals surface area contributed by atoms with E-state index in [2.05, 4.69) is 75.1 Å². The molecule has 1 aliphatic carbocycles. The zero-order valence-corrected chi connectivity index (χ0v) is 54.7. The van der Waals surface area contributed by atoms with E-state index < -0.39 is 175 Å². The summed E-state index contributed by atoms with van der Waals surface area (Å²) in [5, 5.41) is 71.6. The Morgan fingerprint density at radius 2 is 1.06 bits per heavy atom. The van der Waals surface area contributed by atoms with E-state index in [0.29, 0.717) is 17.1 Å². The number of nitrogens with zero attached hydrogens (tertiary/aromatic N) is 3. The second-order valence-corrected chi connectivity index (χ2v) is 24.0.